The molecule has 0 unspecified atom stereocenters. The first-order valence-electron chi connectivity index (χ1n) is 12.6. The third-order valence-corrected chi connectivity index (χ3v) is 7.96. The molecule has 1 aliphatic heterocycles. The number of amides is 2. The Labute approximate surface area is 218 Å². The molecule has 6 nitrogen and oxygen atoms in total. The lowest BCUT2D eigenvalue weighted by molar-refractivity contribution is -0.142. The van der Waals surface area contributed by atoms with E-state index in [9.17, 15) is 14.0 Å². The Morgan fingerprint density at radius 1 is 0.921 bits per heavy atom. The topological polar surface area (TPSA) is 68.1 Å². The van der Waals surface area contributed by atoms with Crippen molar-refractivity contribution in [2.45, 2.75) is 24.8 Å². The summed E-state index contributed by atoms with van der Waals surface area (Å²) in [6.45, 7) is 2.21. The number of rotatable bonds is 5. The fourth-order valence-electron chi connectivity index (χ4n) is 6.22. The second-order valence-corrected chi connectivity index (χ2v) is 10.1. The summed E-state index contributed by atoms with van der Waals surface area (Å²) in [5, 5.41) is 5.39. The van der Waals surface area contributed by atoms with Crippen molar-refractivity contribution in [3.8, 4) is 5.69 Å². The van der Waals surface area contributed by atoms with Gasteiger partial charge in [-0.15, -0.1) is 0 Å². The maximum Gasteiger partial charge on any atom is 0.241 e. The van der Waals surface area contributed by atoms with E-state index in [-0.39, 0.29) is 30.1 Å². The van der Waals surface area contributed by atoms with Gasteiger partial charge in [0.2, 0.25) is 11.8 Å². The first-order valence-corrected chi connectivity index (χ1v) is 12.6. The van der Waals surface area contributed by atoms with Gasteiger partial charge in [-0.1, -0.05) is 36.4 Å². The van der Waals surface area contributed by atoms with E-state index in [0.29, 0.717) is 0 Å². The summed E-state index contributed by atoms with van der Waals surface area (Å²) in [6.07, 6.45) is 3.45. The Morgan fingerprint density at radius 3 is 2.42 bits per heavy atom. The third kappa shape index (κ3) is 3.11. The van der Waals surface area contributed by atoms with E-state index in [2.05, 4.69) is 10.1 Å². The Hall–Kier alpha value is -4.65. The molecule has 0 N–H and O–H groups in total. The maximum absolute atomic E-state index is 14.2. The average Bonchev–Trinajstić information content (AvgIpc) is 3.40. The summed E-state index contributed by atoms with van der Waals surface area (Å²) < 4.78 is 15.3. The highest BCUT2D eigenvalue weighted by Crippen LogP contribution is 2.70. The smallest absolute Gasteiger partial charge is 0.241 e. The molecule has 3 aromatic carbocycles. The van der Waals surface area contributed by atoms with Crippen molar-refractivity contribution >= 4 is 22.7 Å². The van der Waals surface area contributed by atoms with Crippen LogP contribution in [0.3, 0.4) is 0 Å². The van der Waals surface area contributed by atoms with E-state index in [1.54, 1.807) is 29.2 Å². The highest BCUT2D eigenvalue weighted by atomic mass is 19.1. The molecule has 0 spiro atoms. The van der Waals surface area contributed by atoms with Gasteiger partial charge in [-0.25, -0.2) is 9.07 Å². The standard InChI is InChI=1S/C31H23FN4O2/c1-19-15-26-21(17-34-36(26)23-12-10-22(32)11-13-23)16-24(19)31-27(25-9-5-6-14-33-25)28(31)29(37)35(30(31)38)18-20-7-3-2-4-8-20/h2-17,27-28H,18H2,1H3/t27-,28-,31-/m1/s1. The fourth-order valence-corrected chi connectivity index (χ4v) is 6.22. The molecule has 3 atom stereocenters. The van der Waals surface area contributed by atoms with Gasteiger partial charge in [0.1, 0.15) is 5.82 Å². The van der Waals surface area contributed by atoms with Gasteiger partial charge in [0, 0.05) is 23.2 Å². The van der Waals surface area contributed by atoms with Crippen LogP contribution >= 0.6 is 0 Å². The number of pyridine rings is 1. The zero-order valence-corrected chi connectivity index (χ0v) is 20.6. The van der Waals surface area contributed by atoms with Crippen LogP contribution in [0.15, 0.2) is 97.3 Å². The minimum Gasteiger partial charge on any atom is -0.277 e. The first-order chi connectivity index (χ1) is 18.5. The normalized spacial score (nSPS) is 22.2. The number of nitrogens with zero attached hydrogens (tertiary/aromatic N) is 4. The predicted molar refractivity (Wildman–Crippen MR) is 140 cm³/mol. The molecular weight excluding hydrogens is 479 g/mol. The van der Waals surface area contributed by atoms with Crippen molar-refractivity contribution in [3.63, 3.8) is 0 Å². The number of likely N-dealkylation sites (tertiary alicyclic amines) is 1. The zero-order chi connectivity index (χ0) is 26.0. The number of hydrogen-bond donors (Lipinski definition) is 0. The summed E-state index contributed by atoms with van der Waals surface area (Å²) >= 11 is 0. The van der Waals surface area contributed by atoms with Crippen LogP contribution in [-0.2, 0) is 21.5 Å². The number of piperidine rings is 1. The largest absolute Gasteiger partial charge is 0.277 e. The summed E-state index contributed by atoms with van der Waals surface area (Å²) in [7, 11) is 0. The number of fused-ring (bicyclic) bond motifs is 2. The number of aromatic nitrogens is 3. The average molecular weight is 503 g/mol. The molecule has 2 amide bonds. The lowest BCUT2D eigenvalue weighted by atomic mass is 9.86. The summed E-state index contributed by atoms with van der Waals surface area (Å²) in [5.74, 6) is -1.47. The van der Waals surface area contributed by atoms with E-state index < -0.39 is 11.3 Å². The van der Waals surface area contributed by atoms with Gasteiger partial charge in [0.25, 0.3) is 0 Å². The second kappa shape index (κ2) is 8.18. The van der Waals surface area contributed by atoms with Crippen LogP contribution in [-0.4, -0.2) is 31.5 Å². The van der Waals surface area contributed by atoms with E-state index in [0.717, 1.165) is 39.0 Å². The SMILES string of the molecule is Cc1cc2c(cnn2-c2ccc(F)cc2)cc1[C@]12C(=O)N(Cc3ccccc3)C(=O)[C@H]1[C@H]2c1ccccn1. The molecule has 1 saturated carbocycles. The zero-order valence-electron chi connectivity index (χ0n) is 20.6. The second-order valence-electron chi connectivity index (χ2n) is 10.1. The number of hydrogen-bond acceptors (Lipinski definition) is 4. The molecule has 5 aromatic rings. The number of aryl methyl sites for hydroxylation is 1. The van der Waals surface area contributed by atoms with Gasteiger partial charge in [0.05, 0.1) is 35.3 Å². The highest BCUT2D eigenvalue weighted by molar-refractivity contribution is 6.17. The van der Waals surface area contributed by atoms with Gasteiger partial charge in [-0.3, -0.25) is 19.5 Å². The van der Waals surface area contributed by atoms with E-state index >= 15 is 0 Å². The van der Waals surface area contributed by atoms with E-state index in [1.165, 1.54) is 17.0 Å². The molecule has 7 rings (SSSR count). The minimum absolute atomic E-state index is 0.156. The van der Waals surface area contributed by atoms with Gasteiger partial charge in [-0.05, 0) is 72.1 Å². The van der Waals surface area contributed by atoms with Gasteiger partial charge < -0.3 is 0 Å². The van der Waals surface area contributed by atoms with E-state index in [4.69, 9.17) is 0 Å². The lowest BCUT2D eigenvalue weighted by Crippen LogP contribution is -2.38. The number of benzene rings is 3. The van der Waals surface area contributed by atoms with Crippen LogP contribution < -0.4 is 0 Å². The number of carbonyl (C=O) groups excluding carboxylic acids is 2. The molecule has 186 valence electrons. The van der Waals surface area contributed by atoms with Crippen LogP contribution in [0.2, 0.25) is 0 Å². The Bertz CT molecular complexity index is 1720. The summed E-state index contributed by atoms with van der Waals surface area (Å²) in [6, 6.07) is 25.4. The Morgan fingerprint density at radius 2 is 1.68 bits per heavy atom. The molecule has 0 bridgehead atoms. The van der Waals surface area contributed by atoms with Crippen molar-refractivity contribution in [2.24, 2.45) is 5.92 Å². The molecular formula is C31H23FN4O2. The molecule has 2 aromatic heterocycles. The summed E-state index contributed by atoms with van der Waals surface area (Å²) in [5.41, 5.74) is 3.97. The van der Waals surface area contributed by atoms with Crippen LogP contribution in [0.5, 0.6) is 0 Å². The number of halogens is 1. The molecule has 2 fully saturated rings. The Balaban J connectivity index is 1.36. The van der Waals surface area contributed by atoms with Crippen molar-refractivity contribution in [1.29, 1.82) is 0 Å². The highest BCUT2D eigenvalue weighted by Gasteiger charge is 2.80. The third-order valence-electron chi connectivity index (χ3n) is 7.96. The van der Waals surface area contributed by atoms with Gasteiger partial charge >= 0.3 is 0 Å². The quantitative estimate of drug-likeness (QED) is 0.314. The van der Waals surface area contributed by atoms with Crippen LogP contribution in [0.25, 0.3) is 16.6 Å². The monoisotopic (exact) mass is 502 g/mol. The first kappa shape index (κ1) is 22.5. The van der Waals surface area contributed by atoms with Crippen LogP contribution in [0.4, 0.5) is 4.39 Å². The van der Waals surface area contributed by atoms with Crippen molar-refractivity contribution in [1.82, 2.24) is 19.7 Å². The molecule has 1 aliphatic carbocycles. The van der Waals surface area contributed by atoms with Crippen LogP contribution in [0.1, 0.15) is 28.3 Å². The van der Waals surface area contributed by atoms with Gasteiger partial charge in [-0.2, -0.15) is 5.10 Å². The number of carbonyl (C=O) groups is 2. The summed E-state index contributed by atoms with van der Waals surface area (Å²) in [4.78, 5) is 33.9. The minimum atomic E-state index is -1.00. The van der Waals surface area contributed by atoms with Crippen molar-refractivity contribution in [3.05, 3.63) is 126 Å². The fraction of sp³-hybridized carbons (Fsp3) is 0.161. The van der Waals surface area contributed by atoms with E-state index in [1.807, 2.05) is 67.6 Å². The molecule has 1 saturated heterocycles. The molecule has 2 aliphatic rings. The van der Waals surface area contributed by atoms with Crippen molar-refractivity contribution < 1.29 is 14.0 Å². The molecule has 7 heteroatoms. The Kier molecular flexibility index (Phi) is 4.85. The molecule has 3 heterocycles. The molecule has 38 heavy (non-hydrogen) atoms. The van der Waals surface area contributed by atoms with Crippen molar-refractivity contribution in [2.75, 3.05) is 0 Å². The number of imide groups is 1. The lowest BCUT2D eigenvalue weighted by Gasteiger charge is -2.24. The van der Waals surface area contributed by atoms with Gasteiger partial charge in [0.15, 0.2) is 0 Å². The molecule has 0 radical (unpaired) electrons. The van der Waals surface area contributed by atoms with Crippen LogP contribution in [0, 0.1) is 18.7 Å². The predicted octanol–water partition coefficient (Wildman–Crippen LogP) is 5.09. The maximum atomic E-state index is 14.2.